The molecule has 0 aliphatic carbocycles. The fourth-order valence-electron chi connectivity index (χ4n) is 1.15. The van der Waals surface area contributed by atoms with Crippen LogP contribution in [0, 0.1) is 0 Å². The Morgan fingerprint density at radius 3 is 2.67 bits per heavy atom. The van der Waals surface area contributed by atoms with E-state index in [1.54, 1.807) is 0 Å². The molecule has 7 nitrogen and oxygen atoms in total. The highest BCUT2D eigenvalue weighted by Gasteiger charge is 2.38. The molecule has 1 atom stereocenters. The first-order chi connectivity index (χ1) is 9.47. The first kappa shape index (κ1) is 17.7. The zero-order valence-corrected chi connectivity index (χ0v) is 12.3. The van der Waals surface area contributed by atoms with Gasteiger partial charge in [0.2, 0.25) is 15.9 Å². The molecule has 1 aromatic rings. The van der Waals surface area contributed by atoms with E-state index in [0.717, 1.165) is 17.6 Å². The molecular weight excluding hydrogens is 335 g/mol. The van der Waals surface area contributed by atoms with Gasteiger partial charge in [0.05, 0.1) is 24.9 Å². The smallest absolute Gasteiger partial charge is 0.382 e. The molecule has 0 aromatic carbocycles. The number of anilines is 1. The highest BCUT2D eigenvalue weighted by Crippen LogP contribution is 2.19. The lowest BCUT2D eigenvalue weighted by atomic mass is 10.3. The molecule has 0 fully saturated rings. The quantitative estimate of drug-likeness (QED) is 0.676. The molecule has 1 rings (SSSR count). The molecule has 0 bridgehead atoms. The molecule has 0 radical (unpaired) electrons. The minimum Gasteiger partial charge on any atom is -0.382 e. The fourth-order valence-corrected chi connectivity index (χ4v) is 2.71. The van der Waals surface area contributed by atoms with Crippen molar-refractivity contribution in [2.24, 2.45) is 0 Å². The van der Waals surface area contributed by atoms with Gasteiger partial charge in [0, 0.05) is 5.38 Å². The van der Waals surface area contributed by atoms with Gasteiger partial charge < -0.3 is 10.4 Å². The van der Waals surface area contributed by atoms with E-state index in [9.17, 15) is 26.4 Å². The fraction of sp³-hybridized carbons (Fsp3) is 0.556. The maximum Gasteiger partial charge on any atom is 0.416 e. The van der Waals surface area contributed by atoms with Gasteiger partial charge in [-0.25, -0.2) is 13.4 Å². The van der Waals surface area contributed by atoms with Gasteiger partial charge in [-0.2, -0.15) is 13.2 Å². The number of rotatable bonds is 6. The monoisotopic (exact) mass is 347 g/mol. The Balaban J connectivity index is 2.49. The van der Waals surface area contributed by atoms with E-state index in [1.165, 1.54) is 5.38 Å². The summed E-state index contributed by atoms with van der Waals surface area (Å²) in [5, 5.41) is 12.1. The number of carbonyl (C=O) groups excluding carboxylic acids is 1. The number of aromatic nitrogens is 1. The zero-order chi connectivity index (χ0) is 16.3. The van der Waals surface area contributed by atoms with Crippen LogP contribution in [0.5, 0.6) is 0 Å². The maximum atomic E-state index is 12.0. The van der Waals surface area contributed by atoms with Crippen LogP contribution in [0.15, 0.2) is 5.38 Å². The Kier molecular flexibility index (Phi) is 5.53. The van der Waals surface area contributed by atoms with Crippen molar-refractivity contribution in [1.82, 2.24) is 10.3 Å². The molecule has 0 saturated carbocycles. The molecule has 12 heteroatoms. The van der Waals surface area contributed by atoms with Gasteiger partial charge in [0.15, 0.2) is 11.2 Å². The molecule has 1 heterocycles. The third-order valence-corrected chi connectivity index (χ3v) is 3.54. The number of aliphatic hydroxyl groups is 1. The van der Waals surface area contributed by atoms with E-state index in [-0.39, 0.29) is 17.2 Å². The van der Waals surface area contributed by atoms with Crippen LogP contribution in [-0.2, 0) is 21.2 Å². The second kappa shape index (κ2) is 6.58. The van der Waals surface area contributed by atoms with Crippen molar-refractivity contribution in [3.8, 4) is 0 Å². The van der Waals surface area contributed by atoms with Crippen molar-refractivity contribution in [3.63, 3.8) is 0 Å². The number of nitrogens with zero attached hydrogens (tertiary/aromatic N) is 1. The minimum absolute atomic E-state index is 0.0515. The number of sulfonamides is 1. The van der Waals surface area contributed by atoms with Crippen molar-refractivity contribution < 1.29 is 31.5 Å². The van der Waals surface area contributed by atoms with E-state index in [2.05, 4.69) is 9.71 Å². The summed E-state index contributed by atoms with van der Waals surface area (Å²) >= 11 is 0.936. The standard InChI is InChI=1S/C9H12F3N3O4S2/c1-21(18,19)15-8-14-5(4-20-8)2-7(17)13-3-6(16)9(10,11)12/h4,6,16H,2-3H2,1H3,(H,13,17)(H,14,15). The second-order valence-corrected chi connectivity index (χ2v) is 6.66. The molecule has 21 heavy (non-hydrogen) atoms. The van der Waals surface area contributed by atoms with Crippen LogP contribution in [0.2, 0.25) is 0 Å². The maximum absolute atomic E-state index is 12.0. The van der Waals surface area contributed by atoms with Crippen molar-refractivity contribution in [3.05, 3.63) is 11.1 Å². The van der Waals surface area contributed by atoms with Gasteiger partial charge in [0.1, 0.15) is 0 Å². The SMILES string of the molecule is CS(=O)(=O)Nc1nc(CC(=O)NCC(O)C(F)(F)F)cs1. The van der Waals surface area contributed by atoms with E-state index < -0.39 is 34.8 Å². The first-order valence-electron chi connectivity index (χ1n) is 5.41. The number of aliphatic hydroxyl groups excluding tert-OH is 1. The van der Waals surface area contributed by atoms with E-state index in [4.69, 9.17) is 5.11 Å². The number of amides is 1. The number of nitrogens with one attached hydrogen (secondary N) is 2. The number of carbonyl (C=O) groups is 1. The summed E-state index contributed by atoms with van der Waals surface area (Å²) in [7, 11) is -3.49. The van der Waals surface area contributed by atoms with Crippen LogP contribution in [0.3, 0.4) is 0 Å². The lowest BCUT2D eigenvalue weighted by Gasteiger charge is -2.14. The second-order valence-electron chi connectivity index (χ2n) is 4.06. The molecule has 1 unspecified atom stereocenters. The summed E-state index contributed by atoms with van der Waals surface area (Å²) in [6, 6.07) is 0. The van der Waals surface area contributed by atoms with E-state index in [0.29, 0.717) is 0 Å². The van der Waals surface area contributed by atoms with Crippen LogP contribution in [0.4, 0.5) is 18.3 Å². The number of alkyl halides is 3. The summed E-state index contributed by atoms with van der Waals surface area (Å²) < 4.78 is 60.0. The number of hydrogen-bond acceptors (Lipinski definition) is 6. The van der Waals surface area contributed by atoms with Gasteiger partial charge in [-0.3, -0.25) is 9.52 Å². The van der Waals surface area contributed by atoms with Crippen molar-refractivity contribution in [2.45, 2.75) is 18.7 Å². The molecule has 0 spiro atoms. The summed E-state index contributed by atoms with van der Waals surface area (Å²) in [6.45, 7) is -0.957. The minimum atomic E-state index is -4.81. The summed E-state index contributed by atoms with van der Waals surface area (Å²) in [4.78, 5) is 15.2. The van der Waals surface area contributed by atoms with Gasteiger partial charge in [-0.05, 0) is 0 Å². The predicted molar refractivity (Wildman–Crippen MR) is 69.4 cm³/mol. The predicted octanol–water partition coefficient (Wildman–Crippen LogP) is 0.0965. The number of halogens is 3. The number of thiazole rings is 1. The van der Waals surface area contributed by atoms with Crippen LogP contribution in [-0.4, -0.2) is 49.5 Å². The highest BCUT2D eigenvalue weighted by molar-refractivity contribution is 7.92. The van der Waals surface area contributed by atoms with E-state index >= 15 is 0 Å². The molecule has 120 valence electrons. The average Bonchev–Trinajstić information content (AvgIpc) is 2.69. The van der Waals surface area contributed by atoms with Crippen molar-refractivity contribution >= 4 is 32.4 Å². The van der Waals surface area contributed by atoms with Crippen molar-refractivity contribution in [2.75, 3.05) is 17.5 Å². The highest BCUT2D eigenvalue weighted by atomic mass is 32.2. The van der Waals surface area contributed by atoms with Gasteiger partial charge >= 0.3 is 6.18 Å². The number of hydrogen-bond donors (Lipinski definition) is 3. The van der Waals surface area contributed by atoms with E-state index in [1.807, 2.05) is 5.32 Å². The molecule has 1 amide bonds. The Morgan fingerprint density at radius 1 is 1.52 bits per heavy atom. The van der Waals surface area contributed by atoms with Gasteiger partial charge in [-0.1, -0.05) is 0 Å². The molecule has 0 aliphatic heterocycles. The Hall–Kier alpha value is -1.40. The van der Waals surface area contributed by atoms with Crippen LogP contribution < -0.4 is 10.0 Å². The molecule has 0 aliphatic rings. The largest absolute Gasteiger partial charge is 0.416 e. The normalized spacial score (nSPS) is 13.8. The molecule has 1 aromatic heterocycles. The summed E-state index contributed by atoms with van der Waals surface area (Å²) in [5.74, 6) is -0.769. The molecular formula is C9H12F3N3O4S2. The topological polar surface area (TPSA) is 108 Å². The average molecular weight is 347 g/mol. The lowest BCUT2D eigenvalue weighted by Crippen LogP contribution is -2.41. The van der Waals surface area contributed by atoms with Gasteiger partial charge in [-0.15, -0.1) is 11.3 Å². The Bertz CT molecular complexity index is 600. The molecule has 0 saturated heterocycles. The van der Waals surface area contributed by atoms with Crippen LogP contribution >= 0.6 is 11.3 Å². The molecule has 3 N–H and O–H groups in total. The zero-order valence-electron chi connectivity index (χ0n) is 10.6. The van der Waals surface area contributed by atoms with Crippen LogP contribution in [0.1, 0.15) is 5.69 Å². The Morgan fingerprint density at radius 2 is 2.14 bits per heavy atom. The van der Waals surface area contributed by atoms with Crippen molar-refractivity contribution in [1.29, 1.82) is 0 Å². The van der Waals surface area contributed by atoms with Gasteiger partial charge in [0.25, 0.3) is 0 Å². The lowest BCUT2D eigenvalue weighted by molar-refractivity contribution is -0.201. The third-order valence-electron chi connectivity index (χ3n) is 2.04. The summed E-state index contributed by atoms with van der Waals surface area (Å²) in [6.07, 6.45) is -6.84. The first-order valence-corrected chi connectivity index (χ1v) is 8.18. The summed E-state index contributed by atoms with van der Waals surface area (Å²) in [5.41, 5.74) is 0.199. The van der Waals surface area contributed by atoms with Crippen LogP contribution in [0.25, 0.3) is 0 Å². The third kappa shape index (κ3) is 6.73. The Labute approximate surface area is 122 Å².